The lowest BCUT2D eigenvalue weighted by molar-refractivity contribution is -0.122. The first kappa shape index (κ1) is 17.7. The van der Waals surface area contributed by atoms with E-state index in [0.717, 1.165) is 18.7 Å². The maximum atomic E-state index is 12.3. The Morgan fingerprint density at radius 3 is 2.71 bits per heavy atom. The highest BCUT2D eigenvalue weighted by Gasteiger charge is 2.19. The number of hydrogen-bond acceptors (Lipinski definition) is 5. The molecule has 2 aromatic rings. The molecule has 1 aromatic heterocycles. The molecule has 128 valence electrons. The molecule has 0 saturated carbocycles. The van der Waals surface area contributed by atoms with Crippen LogP contribution >= 0.6 is 0 Å². The highest BCUT2D eigenvalue weighted by atomic mass is 16.3. The van der Waals surface area contributed by atoms with Gasteiger partial charge in [-0.05, 0) is 30.7 Å². The SMILES string of the molecule is Cc1ocnc1C(=O)N(C)Cc1ccc2c(c1)CN(C)C2.O=CO. The van der Waals surface area contributed by atoms with Crippen molar-refractivity contribution in [2.24, 2.45) is 0 Å². The van der Waals surface area contributed by atoms with Crippen molar-refractivity contribution in [2.45, 2.75) is 26.6 Å². The molecule has 0 unspecified atom stereocenters. The van der Waals surface area contributed by atoms with E-state index in [9.17, 15) is 4.79 Å². The van der Waals surface area contributed by atoms with Gasteiger partial charge < -0.3 is 14.4 Å². The topological polar surface area (TPSA) is 86.9 Å². The van der Waals surface area contributed by atoms with E-state index in [-0.39, 0.29) is 12.4 Å². The quantitative estimate of drug-likeness (QED) is 0.865. The number of fused-ring (bicyclic) bond motifs is 1. The predicted octanol–water partition coefficient (Wildman–Crippen LogP) is 1.90. The average molecular weight is 331 g/mol. The van der Waals surface area contributed by atoms with Crippen LogP contribution in [0, 0.1) is 6.92 Å². The summed E-state index contributed by atoms with van der Waals surface area (Å²) in [7, 11) is 3.90. The number of rotatable bonds is 3. The van der Waals surface area contributed by atoms with E-state index in [1.807, 2.05) is 0 Å². The van der Waals surface area contributed by atoms with Crippen molar-refractivity contribution in [3.63, 3.8) is 0 Å². The zero-order valence-corrected chi connectivity index (χ0v) is 14.0. The first-order valence-corrected chi connectivity index (χ1v) is 7.49. The lowest BCUT2D eigenvalue weighted by Crippen LogP contribution is -2.27. The Balaban J connectivity index is 0.000000647. The molecule has 7 nitrogen and oxygen atoms in total. The number of aryl methyl sites for hydroxylation is 1. The molecule has 7 heteroatoms. The molecule has 0 saturated heterocycles. The zero-order valence-electron chi connectivity index (χ0n) is 14.0. The lowest BCUT2D eigenvalue weighted by Gasteiger charge is -2.16. The normalized spacial score (nSPS) is 13.0. The first-order chi connectivity index (χ1) is 11.5. The molecule has 1 N–H and O–H groups in total. The maximum absolute atomic E-state index is 12.3. The number of oxazole rings is 1. The summed E-state index contributed by atoms with van der Waals surface area (Å²) in [4.78, 5) is 28.6. The zero-order chi connectivity index (χ0) is 17.7. The van der Waals surface area contributed by atoms with Crippen molar-refractivity contribution in [1.82, 2.24) is 14.8 Å². The Bertz CT molecular complexity index is 726. The monoisotopic (exact) mass is 331 g/mol. The first-order valence-electron chi connectivity index (χ1n) is 7.49. The Morgan fingerprint density at radius 1 is 1.42 bits per heavy atom. The van der Waals surface area contributed by atoms with E-state index in [1.165, 1.54) is 17.5 Å². The Kier molecular flexibility index (Phi) is 5.70. The summed E-state index contributed by atoms with van der Waals surface area (Å²) < 4.78 is 5.09. The van der Waals surface area contributed by atoms with Gasteiger partial charge in [-0.25, -0.2) is 4.98 Å². The summed E-state index contributed by atoms with van der Waals surface area (Å²) in [5, 5.41) is 6.89. The molecule has 0 spiro atoms. The number of carbonyl (C=O) groups is 2. The third-order valence-corrected chi connectivity index (χ3v) is 3.86. The van der Waals surface area contributed by atoms with Crippen LogP contribution in [-0.4, -0.2) is 46.4 Å². The van der Waals surface area contributed by atoms with Gasteiger partial charge in [0.25, 0.3) is 12.4 Å². The van der Waals surface area contributed by atoms with Crippen LogP contribution in [-0.2, 0) is 24.4 Å². The second-order valence-corrected chi connectivity index (χ2v) is 5.80. The van der Waals surface area contributed by atoms with Crippen LogP contribution in [0.3, 0.4) is 0 Å². The predicted molar refractivity (Wildman–Crippen MR) is 87.3 cm³/mol. The minimum Gasteiger partial charge on any atom is -0.483 e. The fourth-order valence-corrected chi connectivity index (χ4v) is 2.75. The second kappa shape index (κ2) is 7.74. The molecular formula is C17H21N3O4. The largest absolute Gasteiger partial charge is 0.483 e. The molecule has 1 aliphatic heterocycles. The molecule has 0 radical (unpaired) electrons. The number of carbonyl (C=O) groups excluding carboxylic acids is 1. The molecule has 1 amide bonds. The summed E-state index contributed by atoms with van der Waals surface area (Å²) in [5.41, 5.74) is 4.26. The fourth-order valence-electron chi connectivity index (χ4n) is 2.75. The molecule has 1 aliphatic rings. The number of amides is 1. The van der Waals surface area contributed by atoms with Gasteiger partial charge in [0.1, 0.15) is 5.76 Å². The van der Waals surface area contributed by atoms with E-state index in [2.05, 4.69) is 35.1 Å². The van der Waals surface area contributed by atoms with Gasteiger partial charge in [0.2, 0.25) is 0 Å². The summed E-state index contributed by atoms with van der Waals surface area (Å²) >= 11 is 0. The molecule has 1 aromatic carbocycles. The minimum absolute atomic E-state index is 0.112. The molecule has 0 fully saturated rings. The van der Waals surface area contributed by atoms with E-state index < -0.39 is 0 Å². The number of benzene rings is 1. The summed E-state index contributed by atoms with van der Waals surface area (Å²) in [5.74, 6) is 0.446. The van der Waals surface area contributed by atoms with Gasteiger partial charge in [-0.1, -0.05) is 18.2 Å². The van der Waals surface area contributed by atoms with Gasteiger partial charge in [-0.2, -0.15) is 0 Å². The van der Waals surface area contributed by atoms with Crippen molar-refractivity contribution >= 4 is 12.4 Å². The van der Waals surface area contributed by atoms with Crippen molar-refractivity contribution in [3.8, 4) is 0 Å². The summed E-state index contributed by atoms with van der Waals surface area (Å²) in [6, 6.07) is 6.45. The van der Waals surface area contributed by atoms with Crippen molar-refractivity contribution in [1.29, 1.82) is 0 Å². The summed E-state index contributed by atoms with van der Waals surface area (Å²) in [6.45, 7) is 4.05. The number of aromatic nitrogens is 1. The summed E-state index contributed by atoms with van der Waals surface area (Å²) in [6.07, 6.45) is 1.31. The van der Waals surface area contributed by atoms with E-state index >= 15 is 0 Å². The molecule has 2 heterocycles. The third-order valence-electron chi connectivity index (χ3n) is 3.86. The van der Waals surface area contributed by atoms with Gasteiger partial charge in [-0.3, -0.25) is 14.5 Å². The highest BCUT2D eigenvalue weighted by Crippen LogP contribution is 2.23. The van der Waals surface area contributed by atoms with E-state index in [0.29, 0.717) is 18.0 Å². The Morgan fingerprint density at radius 2 is 2.08 bits per heavy atom. The standard InChI is InChI=1S/C16H19N3O2.CH2O2/c1-11-15(17-10-21-11)16(20)19(3)7-12-4-5-13-8-18(2)9-14(13)6-12;2-1-3/h4-6,10H,7-9H2,1-3H3;1H,(H,2,3). The molecule has 3 rings (SSSR count). The average Bonchev–Trinajstić information content (AvgIpc) is 3.11. The van der Waals surface area contributed by atoms with E-state index in [4.69, 9.17) is 14.3 Å². The Hall–Kier alpha value is -2.67. The number of nitrogens with zero attached hydrogens (tertiary/aromatic N) is 3. The van der Waals surface area contributed by atoms with Gasteiger partial charge in [-0.15, -0.1) is 0 Å². The molecule has 0 bridgehead atoms. The molecule has 24 heavy (non-hydrogen) atoms. The minimum atomic E-state index is -0.250. The lowest BCUT2D eigenvalue weighted by atomic mass is 10.1. The molecular weight excluding hydrogens is 310 g/mol. The van der Waals surface area contributed by atoms with Crippen molar-refractivity contribution in [2.75, 3.05) is 14.1 Å². The van der Waals surface area contributed by atoms with Crippen LogP contribution in [0.2, 0.25) is 0 Å². The highest BCUT2D eigenvalue weighted by molar-refractivity contribution is 5.92. The third kappa shape index (κ3) is 3.99. The van der Waals surface area contributed by atoms with Crippen LogP contribution in [0.25, 0.3) is 0 Å². The fraction of sp³-hybridized carbons (Fsp3) is 0.353. The maximum Gasteiger partial charge on any atom is 0.290 e. The van der Waals surface area contributed by atoms with Crippen molar-refractivity contribution in [3.05, 3.63) is 52.7 Å². The number of carboxylic acid groups (broad SMARTS) is 1. The second-order valence-electron chi connectivity index (χ2n) is 5.80. The van der Waals surface area contributed by atoms with Crippen LogP contribution in [0.5, 0.6) is 0 Å². The Labute approximate surface area is 140 Å². The van der Waals surface area contributed by atoms with Crippen LogP contribution in [0.1, 0.15) is 32.9 Å². The molecule has 0 atom stereocenters. The number of hydrogen-bond donors (Lipinski definition) is 1. The van der Waals surface area contributed by atoms with Gasteiger partial charge in [0, 0.05) is 26.7 Å². The van der Waals surface area contributed by atoms with Crippen molar-refractivity contribution < 1.29 is 19.1 Å². The van der Waals surface area contributed by atoms with Gasteiger partial charge >= 0.3 is 0 Å². The van der Waals surface area contributed by atoms with Gasteiger partial charge in [0.05, 0.1) is 0 Å². The van der Waals surface area contributed by atoms with Crippen LogP contribution in [0.15, 0.2) is 29.0 Å². The smallest absolute Gasteiger partial charge is 0.290 e. The molecule has 0 aliphatic carbocycles. The van der Waals surface area contributed by atoms with Crippen LogP contribution in [0.4, 0.5) is 0 Å². The van der Waals surface area contributed by atoms with Crippen LogP contribution < -0.4 is 0 Å². The van der Waals surface area contributed by atoms with Gasteiger partial charge in [0.15, 0.2) is 12.1 Å². The van der Waals surface area contributed by atoms with E-state index in [1.54, 1.807) is 18.9 Å².